The van der Waals surface area contributed by atoms with E-state index >= 15 is 0 Å². The summed E-state index contributed by atoms with van der Waals surface area (Å²) in [6.07, 6.45) is 0. The summed E-state index contributed by atoms with van der Waals surface area (Å²) in [6, 6.07) is 5.84. The molecule has 0 saturated heterocycles. The van der Waals surface area contributed by atoms with Crippen molar-refractivity contribution in [2.75, 3.05) is 11.1 Å². The van der Waals surface area contributed by atoms with E-state index in [2.05, 4.69) is 19.2 Å². The lowest BCUT2D eigenvalue weighted by atomic mass is 10.2. The maximum atomic E-state index is 5.93. The highest BCUT2D eigenvalue weighted by molar-refractivity contribution is 6.33. The summed E-state index contributed by atoms with van der Waals surface area (Å²) in [7, 11) is 0. The van der Waals surface area contributed by atoms with Crippen LogP contribution >= 0.6 is 11.6 Å². The van der Waals surface area contributed by atoms with Crippen LogP contribution < -0.4 is 11.1 Å². The number of nitrogen functional groups attached to an aromatic ring is 1. The maximum Gasteiger partial charge on any atom is 0.0658 e. The van der Waals surface area contributed by atoms with Crippen LogP contribution in [-0.4, -0.2) is 6.04 Å². The molecule has 3 heteroatoms. The smallest absolute Gasteiger partial charge is 0.0658 e. The van der Waals surface area contributed by atoms with Crippen LogP contribution in [0.15, 0.2) is 18.2 Å². The average Bonchev–Trinajstić information content (AvgIpc) is 1.94. The zero-order valence-electron chi connectivity index (χ0n) is 7.26. The summed E-state index contributed by atoms with van der Waals surface area (Å²) in [6.45, 7) is 4.12. The fourth-order valence-corrected chi connectivity index (χ4v) is 1.20. The van der Waals surface area contributed by atoms with Crippen LogP contribution in [0.3, 0.4) is 0 Å². The van der Waals surface area contributed by atoms with Crippen molar-refractivity contribution in [2.45, 2.75) is 19.9 Å². The molecule has 0 aliphatic carbocycles. The van der Waals surface area contributed by atoms with E-state index in [4.69, 9.17) is 17.3 Å². The highest BCUT2D eigenvalue weighted by Gasteiger charge is 2.00. The number of nitrogens with two attached hydrogens (primary N) is 1. The summed E-state index contributed by atoms with van der Waals surface area (Å²) in [5.41, 5.74) is 7.17. The van der Waals surface area contributed by atoms with Crippen molar-refractivity contribution in [1.29, 1.82) is 0 Å². The van der Waals surface area contributed by atoms with E-state index < -0.39 is 0 Å². The van der Waals surface area contributed by atoms with Gasteiger partial charge in [0.15, 0.2) is 0 Å². The Morgan fingerprint density at radius 3 is 2.58 bits per heavy atom. The normalized spacial score (nSPS) is 10.3. The molecule has 0 bridgehead atoms. The van der Waals surface area contributed by atoms with Gasteiger partial charge in [0.1, 0.15) is 0 Å². The SMILES string of the molecule is CC(C)Nc1ccc(N)cc1Cl. The first-order valence-corrected chi connectivity index (χ1v) is 4.29. The molecule has 1 aromatic carbocycles. The summed E-state index contributed by atoms with van der Waals surface area (Å²) >= 11 is 5.93. The Bertz CT molecular complexity index is 271. The van der Waals surface area contributed by atoms with Crippen LogP contribution in [0.25, 0.3) is 0 Å². The Hall–Kier alpha value is -0.890. The standard InChI is InChI=1S/C9H13ClN2/c1-6(2)12-9-4-3-7(11)5-8(9)10/h3-6,12H,11H2,1-2H3. The number of rotatable bonds is 2. The van der Waals surface area contributed by atoms with Crippen molar-refractivity contribution < 1.29 is 0 Å². The molecule has 0 spiro atoms. The summed E-state index contributed by atoms with van der Waals surface area (Å²) in [5, 5.41) is 3.88. The lowest BCUT2D eigenvalue weighted by molar-refractivity contribution is 0.900. The molecule has 0 atom stereocenters. The van der Waals surface area contributed by atoms with Crippen molar-refractivity contribution in [3.8, 4) is 0 Å². The quantitative estimate of drug-likeness (QED) is 0.694. The molecular weight excluding hydrogens is 172 g/mol. The van der Waals surface area contributed by atoms with Crippen molar-refractivity contribution in [3.63, 3.8) is 0 Å². The van der Waals surface area contributed by atoms with E-state index in [9.17, 15) is 0 Å². The van der Waals surface area contributed by atoms with Crippen LogP contribution in [0.4, 0.5) is 11.4 Å². The fourth-order valence-electron chi connectivity index (χ4n) is 0.959. The van der Waals surface area contributed by atoms with Gasteiger partial charge in [-0.15, -0.1) is 0 Å². The zero-order chi connectivity index (χ0) is 9.14. The maximum absolute atomic E-state index is 5.93. The molecule has 12 heavy (non-hydrogen) atoms. The minimum Gasteiger partial charge on any atom is -0.399 e. The third kappa shape index (κ3) is 2.31. The Morgan fingerprint density at radius 2 is 2.08 bits per heavy atom. The molecule has 0 saturated carbocycles. The lowest BCUT2D eigenvalue weighted by Gasteiger charge is -2.11. The van der Waals surface area contributed by atoms with Crippen LogP contribution in [-0.2, 0) is 0 Å². The van der Waals surface area contributed by atoms with Gasteiger partial charge in [0.05, 0.1) is 10.7 Å². The molecule has 0 unspecified atom stereocenters. The van der Waals surface area contributed by atoms with Crippen LogP contribution in [0.1, 0.15) is 13.8 Å². The van der Waals surface area contributed by atoms with Gasteiger partial charge in [0, 0.05) is 11.7 Å². The predicted molar refractivity (Wildman–Crippen MR) is 54.6 cm³/mol. The van der Waals surface area contributed by atoms with Crippen molar-refractivity contribution >= 4 is 23.0 Å². The van der Waals surface area contributed by atoms with E-state index in [0.717, 1.165) is 5.69 Å². The molecular formula is C9H13ClN2. The number of nitrogens with one attached hydrogen (secondary N) is 1. The van der Waals surface area contributed by atoms with E-state index in [0.29, 0.717) is 16.8 Å². The highest BCUT2D eigenvalue weighted by Crippen LogP contribution is 2.24. The van der Waals surface area contributed by atoms with Gasteiger partial charge in [-0.3, -0.25) is 0 Å². The molecule has 1 aromatic rings. The lowest BCUT2D eigenvalue weighted by Crippen LogP contribution is -2.09. The highest BCUT2D eigenvalue weighted by atomic mass is 35.5. The van der Waals surface area contributed by atoms with E-state index in [1.54, 1.807) is 6.07 Å². The molecule has 2 nitrogen and oxygen atoms in total. The summed E-state index contributed by atoms with van der Waals surface area (Å²) in [5.74, 6) is 0. The topological polar surface area (TPSA) is 38.0 Å². The van der Waals surface area contributed by atoms with Gasteiger partial charge < -0.3 is 11.1 Å². The van der Waals surface area contributed by atoms with Gasteiger partial charge in [-0.2, -0.15) is 0 Å². The number of halogens is 1. The summed E-state index contributed by atoms with van der Waals surface area (Å²) in [4.78, 5) is 0. The molecule has 0 radical (unpaired) electrons. The van der Waals surface area contributed by atoms with Crippen molar-refractivity contribution in [1.82, 2.24) is 0 Å². The number of hydrogen-bond donors (Lipinski definition) is 2. The molecule has 0 aromatic heterocycles. The molecule has 0 amide bonds. The molecule has 3 N–H and O–H groups in total. The number of anilines is 2. The second kappa shape index (κ2) is 3.68. The van der Waals surface area contributed by atoms with Crippen LogP contribution in [0, 0.1) is 0 Å². The van der Waals surface area contributed by atoms with Gasteiger partial charge >= 0.3 is 0 Å². The molecule has 0 fully saturated rings. The first kappa shape index (κ1) is 9.20. The average molecular weight is 185 g/mol. The largest absolute Gasteiger partial charge is 0.399 e. The molecule has 0 heterocycles. The van der Waals surface area contributed by atoms with Crippen LogP contribution in [0.5, 0.6) is 0 Å². The van der Waals surface area contributed by atoms with Gasteiger partial charge in [0.2, 0.25) is 0 Å². The van der Waals surface area contributed by atoms with E-state index in [1.165, 1.54) is 0 Å². The minimum absolute atomic E-state index is 0.381. The molecule has 0 aliphatic heterocycles. The zero-order valence-corrected chi connectivity index (χ0v) is 8.02. The number of benzene rings is 1. The van der Waals surface area contributed by atoms with Crippen molar-refractivity contribution in [3.05, 3.63) is 23.2 Å². The van der Waals surface area contributed by atoms with Crippen molar-refractivity contribution in [2.24, 2.45) is 0 Å². The van der Waals surface area contributed by atoms with Gasteiger partial charge in [-0.05, 0) is 32.0 Å². The Balaban J connectivity index is 2.86. The Labute approximate surface area is 77.7 Å². The second-order valence-electron chi connectivity index (χ2n) is 3.04. The second-order valence-corrected chi connectivity index (χ2v) is 3.45. The molecule has 1 rings (SSSR count). The van der Waals surface area contributed by atoms with E-state index in [1.807, 2.05) is 12.1 Å². The van der Waals surface area contributed by atoms with Gasteiger partial charge in [0.25, 0.3) is 0 Å². The predicted octanol–water partition coefficient (Wildman–Crippen LogP) is 2.74. The van der Waals surface area contributed by atoms with E-state index in [-0.39, 0.29) is 0 Å². The van der Waals surface area contributed by atoms with Gasteiger partial charge in [-0.1, -0.05) is 11.6 Å². The monoisotopic (exact) mass is 184 g/mol. The van der Waals surface area contributed by atoms with Gasteiger partial charge in [-0.25, -0.2) is 0 Å². The first-order chi connectivity index (χ1) is 5.59. The third-order valence-corrected chi connectivity index (χ3v) is 1.75. The Kier molecular flexibility index (Phi) is 2.82. The summed E-state index contributed by atoms with van der Waals surface area (Å²) < 4.78 is 0. The minimum atomic E-state index is 0.381. The fraction of sp³-hybridized carbons (Fsp3) is 0.333. The molecule has 0 aliphatic rings. The molecule has 66 valence electrons. The number of hydrogen-bond acceptors (Lipinski definition) is 2. The van der Waals surface area contributed by atoms with Crippen LogP contribution in [0.2, 0.25) is 5.02 Å². The third-order valence-electron chi connectivity index (χ3n) is 1.44. The Morgan fingerprint density at radius 1 is 1.42 bits per heavy atom. The first-order valence-electron chi connectivity index (χ1n) is 3.91.